The van der Waals surface area contributed by atoms with E-state index in [0.29, 0.717) is 16.7 Å². The number of halogens is 1. The van der Waals surface area contributed by atoms with Crippen LogP contribution in [0.4, 0.5) is 11.4 Å². The summed E-state index contributed by atoms with van der Waals surface area (Å²) in [6, 6.07) is 11.2. The first kappa shape index (κ1) is 15.0. The van der Waals surface area contributed by atoms with Gasteiger partial charge in [-0.05, 0) is 36.2 Å². The van der Waals surface area contributed by atoms with Gasteiger partial charge in [-0.25, -0.2) is 4.98 Å². The first-order valence-corrected chi connectivity index (χ1v) is 6.43. The van der Waals surface area contributed by atoms with E-state index < -0.39 is 0 Å². The average Bonchev–Trinajstić information content (AvgIpc) is 2.98. The highest BCUT2D eigenvalue weighted by molar-refractivity contribution is 5.90. The first-order valence-electron chi connectivity index (χ1n) is 6.43. The smallest absolute Gasteiger partial charge is 0.141 e. The van der Waals surface area contributed by atoms with Gasteiger partial charge >= 0.3 is 0 Å². The molecule has 0 saturated heterocycles. The van der Waals surface area contributed by atoms with E-state index in [1.54, 1.807) is 12.1 Å². The number of azo groups is 1. The monoisotopic (exact) mass is 301 g/mol. The highest BCUT2D eigenvalue weighted by Crippen LogP contribution is 2.30. The van der Waals surface area contributed by atoms with E-state index in [1.165, 1.54) is 11.9 Å². The molecule has 0 radical (unpaired) electrons. The van der Waals surface area contributed by atoms with Gasteiger partial charge in [0.2, 0.25) is 0 Å². The number of nitrogens with one attached hydrogen (secondary N) is 1. The number of hydrogen-bond acceptors (Lipinski definition) is 4. The predicted molar refractivity (Wildman–Crippen MR) is 77.8 cm³/mol. The summed E-state index contributed by atoms with van der Waals surface area (Å²) >= 11 is 0. The third kappa shape index (κ3) is 3.03. The maximum absolute atomic E-state index is 9.68. The van der Waals surface area contributed by atoms with Gasteiger partial charge in [0.25, 0.3) is 0 Å². The zero-order chi connectivity index (χ0) is 13.9. The number of benzene rings is 2. The van der Waals surface area contributed by atoms with Crippen molar-refractivity contribution in [3.63, 3.8) is 0 Å². The van der Waals surface area contributed by atoms with Crippen LogP contribution in [0.3, 0.4) is 0 Å². The molecule has 0 fully saturated rings. The van der Waals surface area contributed by atoms with Gasteiger partial charge in [-0.15, -0.1) is 5.11 Å². The molecule has 21 heavy (non-hydrogen) atoms. The molecule has 5 nitrogen and oxygen atoms in total. The third-order valence-electron chi connectivity index (χ3n) is 3.15. The fourth-order valence-electron chi connectivity index (χ4n) is 1.99. The second-order valence-electron chi connectivity index (χ2n) is 4.45. The minimum Gasteiger partial charge on any atom is -1.00 e. The number of aromatic nitrogens is 2. The van der Waals surface area contributed by atoms with Crippen LogP contribution in [0.2, 0.25) is 0 Å². The minimum atomic E-state index is 0. The number of aromatic amines is 1. The molecule has 3 rings (SSSR count). The molecule has 3 aromatic rings. The maximum atomic E-state index is 9.68. The number of nitrogens with zero attached hydrogens (tertiary/aromatic N) is 3. The molecule has 0 bridgehead atoms. The van der Waals surface area contributed by atoms with Crippen molar-refractivity contribution < 1.29 is 17.5 Å². The lowest BCUT2D eigenvalue weighted by Gasteiger charge is -1.98. The van der Waals surface area contributed by atoms with Crippen molar-refractivity contribution in [3.05, 3.63) is 48.3 Å². The highest BCUT2D eigenvalue weighted by Gasteiger charge is 2.06. The van der Waals surface area contributed by atoms with Crippen molar-refractivity contribution in [2.24, 2.45) is 10.2 Å². The normalized spacial score (nSPS) is 10.9. The Morgan fingerprint density at radius 1 is 1.10 bits per heavy atom. The molecule has 0 aliphatic heterocycles. The van der Waals surface area contributed by atoms with E-state index in [2.05, 4.69) is 27.1 Å². The summed E-state index contributed by atoms with van der Waals surface area (Å²) < 4.78 is 0. The molecule has 108 valence electrons. The van der Waals surface area contributed by atoms with Gasteiger partial charge in [0.05, 0.1) is 12.0 Å². The van der Waals surface area contributed by atoms with Crippen molar-refractivity contribution in [1.29, 1.82) is 0 Å². The van der Waals surface area contributed by atoms with Crippen LogP contribution in [0.5, 0.6) is 5.75 Å². The van der Waals surface area contributed by atoms with Gasteiger partial charge in [-0.2, -0.15) is 5.11 Å². The Labute approximate surface area is 128 Å². The first-order chi connectivity index (χ1) is 9.78. The van der Waals surface area contributed by atoms with Crippen LogP contribution >= 0.6 is 0 Å². The lowest BCUT2D eigenvalue weighted by Crippen LogP contribution is -3.00. The standard InChI is InChI=1S/C15H14N4O.ClH/c1-2-10-3-5-11(6-4-10)18-19-12-7-8-13(20)15-14(12)16-9-17-15;/h3-9,20H,2H2,1H3,(H,16,17);1H/p-1. The second-order valence-corrected chi connectivity index (χ2v) is 4.45. The zero-order valence-corrected chi connectivity index (χ0v) is 12.2. The van der Waals surface area contributed by atoms with Crippen LogP contribution in [0.1, 0.15) is 12.5 Å². The molecule has 0 atom stereocenters. The molecule has 0 unspecified atom stereocenters. The molecular formula is C15H14ClN4O-. The van der Waals surface area contributed by atoms with Crippen LogP contribution < -0.4 is 12.4 Å². The van der Waals surface area contributed by atoms with Crippen molar-refractivity contribution in [1.82, 2.24) is 9.97 Å². The molecule has 1 aromatic heterocycles. The van der Waals surface area contributed by atoms with E-state index in [9.17, 15) is 5.11 Å². The summed E-state index contributed by atoms with van der Waals surface area (Å²) in [4.78, 5) is 7.03. The highest BCUT2D eigenvalue weighted by atomic mass is 35.5. The Hall–Kier alpha value is -2.40. The number of phenols is 1. The Morgan fingerprint density at radius 3 is 2.57 bits per heavy atom. The van der Waals surface area contributed by atoms with Gasteiger partial charge in [0, 0.05) is 0 Å². The fraction of sp³-hybridized carbons (Fsp3) is 0.133. The largest absolute Gasteiger partial charge is 1.00 e. The maximum Gasteiger partial charge on any atom is 0.141 e. The molecule has 6 heteroatoms. The van der Waals surface area contributed by atoms with Crippen molar-refractivity contribution >= 4 is 22.4 Å². The van der Waals surface area contributed by atoms with Gasteiger partial charge in [-0.3, -0.25) is 0 Å². The number of hydrogen-bond donors (Lipinski definition) is 2. The third-order valence-corrected chi connectivity index (χ3v) is 3.15. The Morgan fingerprint density at radius 2 is 1.86 bits per heavy atom. The van der Waals surface area contributed by atoms with Crippen LogP contribution in [0.25, 0.3) is 11.0 Å². The molecule has 0 aliphatic carbocycles. The summed E-state index contributed by atoms with van der Waals surface area (Å²) in [7, 11) is 0. The van der Waals surface area contributed by atoms with E-state index in [0.717, 1.165) is 12.1 Å². The Balaban J connectivity index is 0.00000161. The lowest BCUT2D eigenvalue weighted by atomic mass is 10.2. The molecule has 0 aliphatic rings. The molecule has 2 N–H and O–H groups in total. The summed E-state index contributed by atoms with van der Waals surface area (Å²) in [6.45, 7) is 2.11. The molecule has 2 aromatic carbocycles. The Bertz CT molecular complexity index is 765. The van der Waals surface area contributed by atoms with Gasteiger partial charge in [0.1, 0.15) is 22.5 Å². The topological polar surface area (TPSA) is 73.6 Å². The molecule has 0 amide bonds. The fourth-order valence-corrected chi connectivity index (χ4v) is 1.99. The van der Waals surface area contributed by atoms with E-state index in [4.69, 9.17) is 0 Å². The summed E-state index contributed by atoms with van der Waals surface area (Å²) in [5.41, 5.74) is 3.86. The van der Waals surface area contributed by atoms with Crippen molar-refractivity contribution in [3.8, 4) is 5.75 Å². The lowest BCUT2D eigenvalue weighted by molar-refractivity contribution is -0.00000518. The number of H-pyrrole nitrogens is 1. The molecular weight excluding hydrogens is 288 g/mol. The van der Waals surface area contributed by atoms with Crippen LogP contribution in [0, 0.1) is 0 Å². The number of fused-ring (bicyclic) bond motifs is 1. The molecule has 1 heterocycles. The van der Waals surface area contributed by atoms with Crippen molar-refractivity contribution in [2.45, 2.75) is 13.3 Å². The van der Waals surface area contributed by atoms with E-state index >= 15 is 0 Å². The van der Waals surface area contributed by atoms with E-state index in [1.807, 2.05) is 24.3 Å². The average molecular weight is 302 g/mol. The van der Waals surface area contributed by atoms with Crippen LogP contribution in [0.15, 0.2) is 53.0 Å². The number of rotatable bonds is 3. The predicted octanol–water partition coefficient (Wildman–Crippen LogP) is 1.25. The van der Waals surface area contributed by atoms with Crippen molar-refractivity contribution in [2.75, 3.05) is 0 Å². The van der Waals surface area contributed by atoms with Crippen LogP contribution in [-0.4, -0.2) is 15.1 Å². The minimum absolute atomic E-state index is 0. The Kier molecular flexibility index (Phi) is 4.55. The quantitative estimate of drug-likeness (QED) is 0.715. The SMILES string of the molecule is CCc1ccc(N=Nc2ccc(O)c3[nH]cnc23)cc1.[Cl-]. The van der Waals surface area contributed by atoms with Gasteiger partial charge < -0.3 is 22.5 Å². The summed E-state index contributed by atoms with van der Waals surface area (Å²) in [6.07, 6.45) is 2.53. The van der Waals surface area contributed by atoms with E-state index in [-0.39, 0.29) is 18.2 Å². The van der Waals surface area contributed by atoms with Gasteiger partial charge in [0.15, 0.2) is 0 Å². The summed E-state index contributed by atoms with van der Waals surface area (Å²) in [5, 5.41) is 18.1. The number of phenolic OH excluding ortho intramolecular Hbond substituents is 1. The zero-order valence-electron chi connectivity index (χ0n) is 11.4. The molecule has 0 saturated carbocycles. The van der Waals surface area contributed by atoms with Gasteiger partial charge in [-0.1, -0.05) is 19.1 Å². The number of imidazole rings is 1. The number of aryl methyl sites for hydroxylation is 1. The summed E-state index contributed by atoms with van der Waals surface area (Å²) in [5.74, 6) is 0.156. The second kappa shape index (κ2) is 6.37. The molecule has 0 spiro atoms. The van der Waals surface area contributed by atoms with Crippen LogP contribution in [-0.2, 0) is 6.42 Å². The number of aromatic hydroxyl groups is 1.